The highest BCUT2D eigenvalue weighted by atomic mass is 16.3. The molecule has 26 heavy (non-hydrogen) atoms. The van der Waals surface area contributed by atoms with Gasteiger partial charge in [0.05, 0.1) is 22.6 Å². The van der Waals surface area contributed by atoms with Gasteiger partial charge < -0.3 is 5.32 Å². The minimum atomic E-state index is -0.123. The number of allylic oxidation sites excluding steroid dienone is 2. The average molecular weight is 348 g/mol. The van der Waals surface area contributed by atoms with Crippen molar-refractivity contribution in [2.45, 2.75) is 39.0 Å². The van der Waals surface area contributed by atoms with Crippen molar-refractivity contribution >= 4 is 40.9 Å². The van der Waals surface area contributed by atoms with Gasteiger partial charge in [-0.3, -0.25) is 14.6 Å². The molecular formula is C20H18N3O3+. The van der Waals surface area contributed by atoms with Crippen molar-refractivity contribution in [3.05, 3.63) is 37.7 Å². The van der Waals surface area contributed by atoms with Crippen molar-refractivity contribution in [3.8, 4) is 0 Å². The summed E-state index contributed by atoms with van der Waals surface area (Å²) in [7, 11) is 0. The van der Waals surface area contributed by atoms with Crippen molar-refractivity contribution in [2.75, 3.05) is 6.54 Å². The molecule has 0 saturated heterocycles. The Morgan fingerprint density at radius 2 is 2.12 bits per heavy atom. The van der Waals surface area contributed by atoms with Gasteiger partial charge in [-0.1, -0.05) is 0 Å². The van der Waals surface area contributed by atoms with Gasteiger partial charge in [-0.25, -0.2) is 0 Å². The Morgan fingerprint density at radius 1 is 1.31 bits per heavy atom. The highest BCUT2D eigenvalue weighted by Crippen LogP contribution is 2.47. The molecule has 0 radical (unpaired) electrons. The first-order chi connectivity index (χ1) is 12.6. The number of hydrogen-bond acceptors (Lipinski definition) is 4. The third kappa shape index (κ3) is 1.95. The van der Waals surface area contributed by atoms with Gasteiger partial charge in [0.2, 0.25) is 11.6 Å². The van der Waals surface area contributed by atoms with Crippen LogP contribution >= 0.6 is 0 Å². The van der Waals surface area contributed by atoms with Crippen molar-refractivity contribution < 1.29 is 14.3 Å². The number of nitrogens with one attached hydrogen (secondary N) is 1. The molecule has 0 aromatic heterocycles. The first kappa shape index (κ1) is 15.4. The van der Waals surface area contributed by atoms with Crippen LogP contribution in [-0.2, 0) is 16.0 Å². The minimum Gasteiger partial charge on any atom is -0.351 e. The fourth-order valence-electron chi connectivity index (χ4n) is 4.59. The lowest BCUT2D eigenvalue weighted by Crippen LogP contribution is -2.34. The second-order valence-electron chi connectivity index (χ2n) is 7.23. The highest BCUT2D eigenvalue weighted by molar-refractivity contribution is 6.12. The maximum atomic E-state index is 13.0. The van der Waals surface area contributed by atoms with Crippen molar-refractivity contribution in [1.29, 1.82) is 0 Å². The van der Waals surface area contributed by atoms with Crippen molar-refractivity contribution in [1.82, 2.24) is 5.32 Å². The van der Waals surface area contributed by atoms with Gasteiger partial charge >= 0.3 is 0 Å². The number of fused-ring (bicyclic) bond motifs is 7. The van der Waals surface area contributed by atoms with Crippen LogP contribution in [0.4, 0.5) is 5.69 Å². The zero-order valence-corrected chi connectivity index (χ0v) is 14.5. The number of amides is 1. The molecule has 0 saturated carbocycles. The molecule has 2 heterocycles. The smallest absolute Gasteiger partial charge is 0.275 e. The Bertz CT molecular complexity index is 1120. The number of rotatable bonds is 2. The van der Waals surface area contributed by atoms with Gasteiger partial charge in [-0.2, -0.15) is 0 Å². The molecule has 130 valence electrons. The molecule has 1 aromatic carbocycles. The predicted molar refractivity (Wildman–Crippen MR) is 97.2 cm³/mol. The van der Waals surface area contributed by atoms with Crippen LogP contribution in [0.15, 0.2) is 10.7 Å². The lowest BCUT2D eigenvalue weighted by Gasteiger charge is -2.09. The highest BCUT2D eigenvalue weighted by Gasteiger charge is 2.45. The molecule has 0 fully saturated rings. The summed E-state index contributed by atoms with van der Waals surface area (Å²) in [6, 6.07) is 0. The topological polar surface area (TPSA) is 78.6 Å². The third-order valence-corrected chi connectivity index (χ3v) is 5.64. The van der Waals surface area contributed by atoms with E-state index in [-0.39, 0.29) is 18.1 Å². The third-order valence-electron chi connectivity index (χ3n) is 5.64. The average Bonchev–Trinajstić information content (AvgIpc) is 3.27. The molecule has 1 N–H and O–H groups in total. The van der Waals surface area contributed by atoms with E-state index in [0.29, 0.717) is 12.2 Å². The van der Waals surface area contributed by atoms with Gasteiger partial charge in [-0.15, -0.1) is 0 Å². The van der Waals surface area contributed by atoms with Crippen molar-refractivity contribution in [2.24, 2.45) is 4.99 Å². The first-order valence-electron chi connectivity index (χ1n) is 9.01. The molecular weight excluding hydrogens is 330 g/mol. The van der Waals surface area contributed by atoms with E-state index in [2.05, 4.69) is 10.3 Å². The number of nitrogens with zero attached hydrogens (tertiary/aromatic N) is 2. The fourth-order valence-corrected chi connectivity index (χ4v) is 4.59. The lowest BCUT2D eigenvalue weighted by molar-refractivity contribution is -0.406. The molecule has 0 bridgehead atoms. The van der Waals surface area contributed by atoms with E-state index in [1.54, 1.807) is 12.3 Å². The fraction of sp³-hybridized carbons (Fsp3) is 0.350. The normalized spacial score (nSPS) is 19.3. The number of carbonyl (C=O) groups excluding carboxylic acids is 2. The van der Waals surface area contributed by atoms with Crippen LogP contribution in [0, 0.1) is 4.91 Å². The standard InChI is InChI=1S/C20H17N3O3/c1-10(24)21-9-16-18-13-6-11(25)7-14(13)20-19(15(18)8-22-16)12-4-2-3-5-17(12)23(20)26/h6,8H,2-5,7,9H2,1H3/p+1. The van der Waals surface area contributed by atoms with E-state index in [9.17, 15) is 14.5 Å². The largest absolute Gasteiger partial charge is 0.351 e. The van der Waals surface area contributed by atoms with Crippen LogP contribution in [0.3, 0.4) is 0 Å². The minimum absolute atomic E-state index is 0.0136. The Morgan fingerprint density at radius 3 is 2.92 bits per heavy atom. The number of carbonyl (C=O) groups is 2. The number of ketones is 1. The maximum Gasteiger partial charge on any atom is 0.275 e. The van der Waals surface area contributed by atoms with Gasteiger partial charge in [0.15, 0.2) is 5.78 Å². The van der Waals surface area contributed by atoms with E-state index < -0.39 is 0 Å². The van der Waals surface area contributed by atoms with Crippen LogP contribution in [0.2, 0.25) is 0 Å². The summed E-state index contributed by atoms with van der Waals surface area (Å²) in [6.45, 7) is 1.79. The van der Waals surface area contributed by atoms with Crippen LogP contribution in [0.5, 0.6) is 0 Å². The molecule has 1 amide bonds. The number of aliphatic imine (C=N–C) groups is 1. The number of hydrogen-bond donors (Lipinski definition) is 1. The molecule has 6 nitrogen and oxygen atoms in total. The second-order valence-corrected chi connectivity index (χ2v) is 7.23. The molecule has 1 aromatic rings. The Kier molecular flexibility index (Phi) is 3.13. The summed E-state index contributed by atoms with van der Waals surface area (Å²) in [5.74, 6) is -0.110. The van der Waals surface area contributed by atoms with Crippen LogP contribution in [0.1, 0.15) is 49.3 Å². The summed E-state index contributed by atoms with van der Waals surface area (Å²) >= 11 is 0. The molecule has 0 atom stereocenters. The molecule has 2 aliphatic carbocycles. The van der Waals surface area contributed by atoms with Crippen LogP contribution < -0.4 is 15.8 Å². The quantitative estimate of drug-likeness (QED) is 0.809. The van der Waals surface area contributed by atoms with Gasteiger partial charge in [0, 0.05) is 52.8 Å². The number of benzene rings is 1. The molecule has 6 heteroatoms. The van der Waals surface area contributed by atoms with E-state index >= 15 is 0 Å². The zero-order chi connectivity index (χ0) is 18.0. The monoisotopic (exact) mass is 348 g/mol. The number of Topliss-reactive ketones (excluding diaryl/α,β-unsaturated/α-hetero) is 1. The van der Waals surface area contributed by atoms with Gasteiger partial charge in [-0.05, 0) is 30.6 Å². The Labute approximate surface area is 149 Å². The molecule has 2 aliphatic heterocycles. The van der Waals surface area contributed by atoms with E-state index in [4.69, 9.17) is 0 Å². The first-order valence-corrected chi connectivity index (χ1v) is 9.01. The summed E-state index contributed by atoms with van der Waals surface area (Å²) in [6.07, 6.45) is 7.45. The molecule has 5 rings (SSSR count). The zero-order valence-electron chi connectivity index (χ0n) is 14.5. The van der Waals surface area contributed by atoms with E-state index in [1.807, 2.05) is 0 Å². The van der Waals surface area contributed by atoms with Crippen LogP contribution in [0.25, 0.3) is 17.3 Å². The van der Waals surface area contributed by atoms with E-state index in [1.165, 1.54) is 6.92 Å². The summed E-state index contributed by atoms with van der Waals surface area (Å²) in [4.78, 5) is 41.0. The molecule has 0 unspecified atom stereocenters. The van der Waals surface area contributed by atoms with Gasteiger partial charge in [0.1, 0.15) is 0 Å². The second kappa shape index (κ2) is 5.30. The Balaban J connectivity index is 1.85. The Hall–Kier alpha value is -2.89. The molecule has 4 aliphatic rings. The summed E-state index contributed by atoms with van der Waals surface area (Å²) in [5.41, 5.74) is 6.09. The number of nitroso groups, excluding NO2 is 1. The summed E-state index contributed by atoms with van der Waals surface area (Å²) in [5, 5.41) is 4.51. The maximum absolute atomic E-state index is 13.0. The molecule has 0 spiro atoms. The SMILES string of the molecule is CC(=O)NCC1=c2c(c3c(c4c2=CC(=O)C4)[N+](=O)C2=C3CCCC2)C=N1. The summed E-state index contributed by atoms with van der Waals surface area (Å²) < 4.78 is 1.06. The van der Waals surface area contributed by atoms with Gasteiger partial charge in [0.25, 0.3) is 5.69 Å². The van der Waals surface area contributed by atoms with Crippen molar-refractivity contribution in [3.63, 3.8) is 0 Å². The predicted octanol–water partition coefficient (Wildman–Crippen LogP) is 0.978. The van der Waals surface area contributed by atoms with Crippen LogP contribution in [-0.4, -0.2) is 29.2 Å². The van der Waals surface area contributed by atoms with E-state index in [0.717, 1.165) is 74.5 Å². The lowest BCUT2D eigenvalue weighted by atomic mass is 9.88.